The molecule has 5 rings (SSSR count). The van der Waals surface area contributed by atoms with Gasteiger partial charge in [-0.2, -0.15) is 0 Å². The average Bonchev–Trinajstić information content (AvgIpc) is 3.19. The molecule has 3 aromatic rings. The zero-order chi connectivity index (χ0) is 25.1. The second-order valence-corrected chi connectivity index (χ2v) is 9.98. The minimum atomic E-state index is 0.0155. The Hall–Kier alpha value is -3.17. The van der Waals surface area contributed by atoms with Crippen molar-refractivity contribution >= 4 is 22.8 Å². The predicted molar refractivity (Wildman–Crippen MR) is 140 cm³/mol. The van der Waals surface area contributed by atoms with Crippen molar-refractivity contribution in [2.24, 2.45) is 5.92 Å². The number of methoxy groups -OCH3 is 1. The molecule has 4 heterocycles. The highest BCUT2D eigenvalue weighted by atomic mass is 16.5. The second kappa shape index (κ2) is 10.8. The van der Waals surface area contributed by atoms with Crippen LogP contribution < -0.4 is 11.4 Å². The van der Waals surface area contributed by atoms with Crippen LogP contribution in [0.1, 0.15) is 37.3 Å². The van der Waals surface area contributed by atoms with Gasteiger partial charge in [-0.3, -0.25) is 18.8 Å². The Morgan fingerprint density at radius 1 is 1.03 bits per heavy atom. The molecular weight excluding hydrogens is 456 g/mol. The number of carbonyl (C=O) groups is 1. The highest BCUT2D eigenvalue weighted by molar-refractivity contribution is 5.79. The molecule has 0 atom stereocenters. The van der Waals surface area contributed by atoms with Crippen molar-refractivity contribution < 1.29 is 9.53 Å². The molecule has 0 spiro atoms. The molecule has 2 fully saturated rings. The van der Waals surface area contributed by atoms with Crippen LogP contribution in [0.3, 0.4) is 0 Å². The van der Waals surface area contributed by atoms with Crippen molar-refractivity contribution in [3.05, 3.63) is 58.6 Å². The van der Waals surface area contributed by atoms with Crippen molar-refractivity contribution in [3.63, 3.8) is 0 Å². The van der Waals surface area contributed by atoms with Crippen LogP contribution in [-0.2, 0) is 22.6 Å². The van der Waals surface area contributed by atoms with Crippen LogP contribution in [-0.4, -0.2) is 69.7 Å². The molecule has 36 heavy (non-hydrogen) atoms. The van der Waals surface area contributed by atoms with Crippen molar-refractivity contribution in [2.45, 2.75) is 44.8 Å². The largest absolute Gasteiger partial charge is 0.384 e. The van der Waals surface area contributed by atoms with E-state index in [-0.39, 0.29) is 23.6 Å². The zero-order valence-corrected chi connectivity index (χ0v) is 21.0. The Morgan fingerprint density at radius 2 is 1.75 bits per heavy atom. The Labute approximate surface area is 211 Å². The first-order valence-electron chi connectivity index (χ1n) is 13.0. The minimum Gasteiger partial charge on any atom is -0.384 e. The van der Waals surface area contributed by atoms with Gasteiger partial charge in [0.25, 0.3) is 0 Å². The number of benzene rings is 1. The number of ether oxygens (including phenoxy) is 1. The Bertz CT molecular complexity index is 1230. The fraction of sp³-hybridized carbons (Fsp3) is 0.519. The molecule has 2 aliphatic heterocycles. The fourth-order valence-electron chi connectivity index (χ4n) is 5.71. The van der Waals surface area contributed by atoms with Crippen molar-refractivity contribution in [2.75, 3.05) is 45.6 Å². The van der Waals surface area contributed by atoms with Gasteiger partial charge in [0.2, 0.25) is 5.91 Å². The first kappa shape index (κ1) is 24.5. The van der Waals surface area contributed by atoms with E-state index < -0.39 is 0 Å². The summed E-state index contributed by atoms with van der Waals surface area (Å²) in [6, 6.07) is 11.9. The van der Waals surface area contributed by atoms with Gasteiger partial charge in [-0.1, -0.05) is 18.2 Å². The number of imidazole rings is 1. The van der Waals surface area contributed by atoms with E-state index in [9.17, 15) is 9.59 Å². The number of hydrogen-bond acceptors (Lipinski definition) is 6. The van der Waals surface area contributed by atoms with Crippen LogP contribution in [0, 0.1) is 5.92 Å². The Balaban J connectivity index is 1.18. The van der Waals surface area contributed by atoms with E-state index in [4.69, 9.17) is 10.5 Å². The first-order valence-corrected chi connectivity index (χ1v) is 13.0. The SMILES string of the molecule is COCCn1c(=O)n(C2CCN(C(=O)C3CCN(Cc4ccc(N)nc4)CC3)CC2)c2ccccc21. The molecule has 1 amide bonds. The molecule has 0 radical (unpaired) electrons. The third kappa shape index (κ3) is 5.03. The van der Waals surface area contributed by atoms with E-state index in [1.165, 1.54) is 0 Å². The third-order valence-electron chi connectivity index (χ3n) is 7.72. The number of nitrogen functional groups attached to an aromatic ring is 1. The van der Waals surface area contributed by atoms with Gasteiger partial charge >= 0.3 is 5.69 Å². The van der Waals surface area contributed by atoms with Crippen LogP contribution in [0.2, 0.25) is 0 Å². The highest BCUT2D eigenvalue weighted by Gasteiger charge is 2.32. The molecular formula is C27H36N6O3. The summed E-state index contributed by atoms with van der Waals surface area (Å²) < 4.78 is 8.97. The maximum absolute atomic E-state index is 13.3. The number of anilines is 1. The topological polar surface area (TPSA) is 98.6 Å². The summed E-state index contributed by atoms with van der Waals surface area (Å²) in [5, 5.41) is 0. The van der Waals surface area contributed by atoms with Crippen LogP contribution in [0.4, 0.5) is 5.82 Å². The summed E-state index contributed by atoms with van der Waals surface area (Å²) in [7, 11) is 1.65. The summed E-state index contributed by atoms with van der Waals surface area (Å²) in [4.78, 5) is 35.2. The van der Waals surface area contributed by atoms with Gasteiger partial charge in [0.1, 0.15) is 5.82 Å². The zero-order valence-electron chi connectivity index (χ0n) is 21.0. The number of piperidine rings is 2. The molecule has 0 bridgehead atoms. The lowest BCUT2D eigenvalue weighted by molar-refractivity contribution is -0.138. The Kier molecular flexibility index (Phi) is 7.38. The second-order valence-electron chi connectivity index (χ2n) is 9.98. The number of amides is 1. The molecule has 192 valence electrons. The van der Waals surface area contributed by atoms with E-state index >= 15 is 0 Å². The number of fused-ring (bicyclic) bond motifs is 1. The maximum atomic E-state index is 13.3. The number of pyridine rings is 1. The van der Waals surface area contributed by atoms with Gasteiger partial charge in [-0.15, -0.1) is 0 Å². The molecule has 2 N–H and O–H groups in total. The number of rotatable bonds is 7. The van der Waals surface area contributed by atoms with Crippen molar-refractivity contribution in [1.82, 2.24) is 23.9 Å². The van der Waals surface area contributed by atoms with Gasteiger partial charge < -0.3 is 15.4 Å². The van der Waals surface area contributed by atoms with Gasteiger partial charge in [0, 0.05) is 44.9 Å². The molecule has 2 aromatic heterocycles. The lowest BCUT2D eigenvalue weighted by Crippen LogP contribution is -2.46. The standard InChI is InChI=1S/C27H36N6O3/c1-36-17-16-32-23-4-2-3-5-24(23)33(27(32)35)22-10-14-31(15-11-22)26(34)21-8-12-30(13-9-21)19-20-6-7-25(28)29-18-20/h2-7,18,21-22H,8-17,19H2,1H3,(H2,28,29). The van der Waals surface area contributed by atoms with Crippen molar-refractivity contribution in [1.29, 1.82) is 0 Å². The monoisotopic (exact) mass is 492 g/mol. The normalized spacial score (nSPS) is 18.2. The molecule has 0 aliphatic carbocycles. The first-order chi connectivity index (χ1) is 17.5. The van der Waals surface area contributed by atoms with Crippen LogP contribution >= 0.6 is 0 Å². The maximum Gasteiger partial charge on any atom is 0.329 e. The Morgan fingerprint density at radius 3 is 2.42 bits per heavy atom. The molecule has 1 aromatic carbocycles. The average molecular weight is 493 g/mol. The van der Waals surface area contributed by atoms with Gasteiger partial charge in [-0.25, -0.2) is 9.78 Å². The number of nitrogens with two attached hydrogens (primary N) is 1. The van der Waals surface area contributed by atoms with Crippen LogP contribution in [0.15, 0.2) is 47.4 Å². The summed E-state index contributed by atoms with van der Waals surface area (Å²) in [6.07, 6.45) is 5.19. The van der Waals surface area contributed by atoms with Crippen molar-refractivity contribution in [3.8, 4) is 0 Å². The predicted octanol–water partition coefficient (Wildman–Crippen LogP) is 2.50. The summed E-state index contributed by atoms with van der Waals surface area (Å²) >= 11 is 0. The highest BCUT2D eigenvalue weighted by Crippen LogP contribution is 2.28. The fourth-order valence-corrected chi connectivity index (χ4v) is 5.71. The van der Waals surface area contributed by atoms with E-state index in [2.05, 4.69) is 9.88 Å². The van der Waals surface area contributed by atoms with Crippen LogP contribution in [0.25, 0.3) is 11.0 Å². The van der Waals surface area contributed by atoms with Gasteiger partial charge in [-0.05, 0) is 62.5 Å². The number of likely N-dealkylation sites (tertiary alicyclic amines) is 2. The number of para-hydroxylation sites is 2. The number of aromatic nitrogens is 3. The van der Waals surface area contributed by atoms with E-state index in [0.717, 1.165) is 61.9 Å². The van der Waals surface area contributed by atoms with E-state index in [1.54, 1.807) is 7.11 Å². The number of carbonyl (C=O) groups excluding carboxylic acids is 1. The number of hydrogen-bond donors (Lipinski definition) is 1. The number of nitrogens with zero attached hydrogens (tertiary/aromatic N) is 5. The molecule has 9 heteroatoms. The van der Waals surface area contributed by atoms with Crippen LogP contribution in [0.5, 0.6) is 0 Å². The quantitative estimate of drug-likeness (QED) is 0.544. The lowest BCUT2D eigenvalue weighted by Gasteiger charge is -2.37. The van der Waals surface area contributed by atoms with E-state index in [1.807, 2.05) is 56.6 Å². The third-order valence-corrected chi connectivity index (χ3v) is 7.72. The minimum absolute atomic E-state index is 0.0155. The van der Waals surface area contributed by atoms with Gasteiger partial charge in [0.15, 0.2) is 0 Å². The van der Waals surface area contributed by atoms with Gasteiger partial charge in [0.05, 0.1) is 24.2 Å². The molecule has 0 unspecified atom stereocenters. The summed E-state index contributed by atoms with van der Waals surface area (Å²) in [6.45, 7) is 5.09. The summed E-state index contributed by atoms with van der Waals surface area (Å²) in [5.74, 6) is 0.895. The molecule has 2 saturated heterocycles. The smallest absolute Gasteiger partial charge is 0.329 e. The molecule has 0 saturated carbocycles. The van der Waals surface area contributed by atoms with E-state index in [0.29, 0.717) is 32.1 Å². The summed E-state index contributed by atoms with van der Waals surface area (Å²) in [5.41, 5.74) is 8.76. The lowest BCUT2D eigenvalue weighted by atomic mass is 9.93. The molecule has 9 nitrogen and oxygen atoms in total. The molecule has 2 aliphatic rings.